The summed E-state index contributed by atoms with van der Waals surface area (Å²) in [4.78, 5) is 18.2. The fraction of sp³-hybridized carbons (Fsp3) is 0.353. The predicted octanol–water partition coefficient (Wildman–Crippen LogP) is 3.33. The van der Waals surface area contributed by atoms with Gasteiger partial charge in [-0.3, -0.25) is 0 Å². The SMILES string of the molecule is Cc1c(Br)cc(C(=O)O)n1C1CCN(c2cc(-c3nnn[nH]3)cc(Cl)n2)CC1. The van der Waals surface area contributed by atoms with Crippen molar-refractivity contribution in [1.29, 1.82) is 0 Å². The van der Waals surface area contributed by atoms with E-state index in [2.05, 4.69) is 46.4 Å². The van der Waals surface area contributed by atoms with Crippen LogP contribution in [0.15, 0.2) is 22.7 Å². The number of carboxylic acids is 1. The first-order chi connectivity index (χ1) is 13.4. The van der Waals surface area contributed by atoms with Crippen molar-refractivity contribution in [3.05, 3.63) is 39.2 Å². The molecule has 11 heteroatoms. The molecule has 0 spiro atoms. The van der Waals surface area contributed by atoms with Gasteiger partial charge in [0.1, 0.15) is 16.7 Å². The third-order valence-electron chi connectivity index (χ3n) is 5.00. The van der Waals surface area contributed by atoms with Crippen LogP contribution >= 0.6 is 27.5 Å². The van der Waals surface area contributed by atoms with Gasteiger partial charge in [0.05, 0.1) is 0 Å². The Morgan fingerprint density at radius 3 is 2.71 bits per heavy atom. The zero-order valence-electron chi connectivity index (χ0n) is 14.9. The molecule has 3 aromatic heterocycles. The Balaban J connectivity index is 1.55. The number of aromatic carboxylic acids is 1. The third-order valence-corrected chi connectivity index (χ3v) is 6.00. The number of carboxylic acid groups (broad SMARTS) is 1. The summed E-state index contributed by atoms with van der Waals surface area (Å²) in [5.74, 6) is 0.360. The molecule has 0 aliphatic carbocycles. The van der Waals surface area contributed by atoms with Gasteiger partial charge in [-0.05, 0) is 64.3 Å². The van der Waals surface area contributed by atoms with Gasteiger partial charge in [-0.25, -0.2) is 14.9 Å². The van der Waals surface area contributed by atoms with Crippen LogP contribution in [-0.2, 0) is 0 Å². The molecular weight excluding hydrogens is 450 g/mol. The molecule has 3 aromatic rings. The number of anilines is 1. The minimum atomic E-state index is -0.918. The number of aromatic nitrogens is 6. The minimum Gasteiger partial charge on any atom is -0.477 e. The molecule has 0 amide bonds. The van der Waals surface area contributed by atoms with Crippen molar-refractivity contribution in [2.75, 3.05) is 18.0 Å². The van der Waals surface area contributed by atoms with Crippen molar-refractivity contribution in [3.8, 4) is 11.4 Å². The number of piperidine rings is 1. The average Bonchev–Trinajstić information content (AvgIpc) is 3.31. The smallest absolute Gasteiger partial charge is 0.352 e. The third kappa shape index (κ3) is 3.49. The maximum Gasteiger partial charge on any atom is 0.352 e. The Morgan fingerprint density at radius 1 is 1.32 bits per heavy atom. The monoisotopic (exact) mass is 465 g/mol. The van der Waals surface area contributed by atoms with Crippen molar-refractivity contribution in [2.24, 2.45) is 0 Å². The van der Waals surface area contributed by atoms with Gasteiger partial charge >= 0.3 is 5.97 Å². The Morgan fingerprint density at radius 2 is 2.07 bits per heavy atom. The molecule has 1 aliphatic rings. The van der Waals surface area contributed by atoms with Crippen molar-refractivity contribution in [1.82, 2.24) is 30.2 Å². The number of rotatable bonds is 4. The van der Waals surface area contributed by atoms with Crippen LogP contribution in [0.3, 0.4) is 0 Å². The van der Waals surface area contributed by atoms with Gasteiger partial charge in [-0.15, -0.1) is 5.10 Å². The molecule has 2 N–H and O–H groups in total. The molecule has 1 fully saturated rings. The van der Waals surface area contributed by atoms with Crippen molar-refractivity contribution in [2.45, 2.75) is 25.8 Å². The molecule has 0 aromatic carbocycles. The topological polar surface area (TPSA) is 113 Å². The lowest BCUT2D eigenvalue weighted by atomic mass is 10.0. The Hall–Kier alpha value is -2.46. The average molecular weight is 467 g/mol. The molecule has 1 saturated heterocycles. The minimum absolute atomic E-state index is 0.116. The second kappa shape index (κ2) is 7.51. The second-order valence-electron chi connectivity index (χ2n) is 6.64. The molecule has 4 rings (SSSR count). The van der Waals surface area contributed by atoms with Gasteiger partial charge in [0.15, 0.2) is 5.82 Å². The predicted molar refractivity (Wildman–Crippen MR) is 107 cm³/mol. The Bertz CT molecular complexity index is 1010. The quantitative estimate of drug-likeness (QED) is 0.567. The van der Waals surface area contributed by atoms with E-state index in [0.717, 1.165) is 47.5 Å². The van der Waals surface area contributed by atoms with E-state index < -0.39 is 5.97 Å². The number of pyridine rings is 1. The Kier molecular flexibility index (Phi) is 5.07. The molecule has 0 atom stereocenters. The first-order valence-electron chi connectivity index (χ1n) is 8.71. The van der Waals surface area contributed by atoms with E-state index >= 15 is 0 Å². The molecule has 0 unspecified atom stereocenters. The van der Waals surface area contributed by atoms with Gasteiger partial charge in [0, 0.05) is 34.9 Å². The normalized spacial score (nSPS) is 15.2. The van der Waals surface area contributed by atoms with Gasteiger partial charge in [-0.2, -0.15) is 0 Å². The first kappa shape index (κ1) is 18.9. The van der Waals surface area contributed by atoms with E-state index in [1.165, 1.54) is 0 Å². The number of tetrazole rings is 1. The molecule has 0 radical (unpaired) electrons. The highest BCUT2D eigenvalue weighted by Gasteiger charge is 2.27. The number of carbonyl (C=O) groups is 1. The number of aromatic amines is 1. The summed E-state index contributed by atoms with van der Waals surface area (Å²) in [5, 5.41) is 23.7. The zero-order valence-corrected chi connectivity index (χ0v) is 17.3. The van der Waals surface area contributed by atoms with E-state index in [0.29, 0.717) is 16.7 Å². The molecule has 1 aliphatic heterocycles. The summed E-state index contributed by atoms with van der Waals surface area (Å²) in [7, 11) is 0. The van der Waals surface area contributed by atoms with Crippen LogP contribution in [0, 0.1) is 6.92 Å². The lowest BCUT2D eigenvalue weighted by molar-refractivity contribution is 0.0681. The molecule has 9 nitrogen and oxygen atoms in total. The van der Waals surface area contributed by atoms with E-state index in [9.17, 15) is 9.90 Å². The number of nitrogens with zero attached hydrogens (tertiary/aromatic N) is 6. The van der Waals surface area contributed by atoms with Crippen LogP contribution in [0.5, 0.6) is 0 Å². The van der Waals surface area contributed by atoms with Gasteiger partial charge in [-0.1, -0.05) is 11.6 Å². The largest absolute Gasteiger partial charge is 0.477 e. The number of hydrogen-bond donors (Lipinski definition) is 2. The highest BCUT2D eigenvalue weighted by Crippen LogP contribution is 2.33. The van der Waals surface area contributed by atoms with E-state index in [4.69, 9.17) is 11.6 Å². The van der Waals surface area contributed by atoms with E-state index in [1.54, 1.807) is 12.1 Å². The standard InChI is InChI=1S/C17H17BrClN7O2/c1-9-12(18)8-13(17(27)28)26(9)11-2-4-25(5-3-11)15-7-10(6-14(19)20-15)16-21-23-24-22-16/h6-8,11H,2-5H2,1H3,(H,27,28)(H,21,22,23,24). The fourth-order valence-electron chi connectivity index (χ4n) is 3.64. The van der Waals surface area contributed by atoms with Crippen molar-refractivity contribution < 1.29 is 9.90 Å². The van der Waals surface area contributed by atoms with Crippen LogP contribution in [-0.4, -0.2) is 54.3 Å². The number of nitrogens with one attached hydrogen (secondary N) is 1. The van der Waals surface area contributed by atoms with E-state index in [-0.39, 0.29) is 6.04 Å². The number of hydrogen-bond acceptors (Lipinski definition) is 6. The maximum atomic E-state index is 11.6. The zero-order chi connectivity index (χ0) is 19.8. The van der Waals surface area contributed by atoms with Gasteiger partial charge < -0.3 is 14.6 Å². The molecular formula is C17H17BrClN7O2. The lowest BCUT2D eigenvalue weighted by Gasteiger charge is -2.34. The van der Waals surface area contributed by atoms with Gasteiger partial charge in [0.2, 0.25) is 0 Å². The number of halogens is 2. The van der Waals surface area contributed by atoms with Crippen LogP contribution in [0.1, 0.15) is 35.1 Å². The lowest BCUT2D eigenvalue weighted by Crippen LogP contribution is -2.36. The number of H-pyrrole nitrogens is 1. The molecule has 0 saturated carbocycles. The van der Waals surface area contributed by atoms with Crippen molar-refractivity contribution in [3.63, 3.8) is 0 Å². The summed E-state index contributed by atoms with van der Waals surface area (Å²) in [5.41, 5.74) is 2.00. The maximum absolute atomic E-state index is 11.6. The highest BCUT2D eigenvalue weighted by atomic mass is 79.9. The highest BCUT2D eigenvalue weighted by molar-refractivity contribution is 9.10. The summed E-state index contributed by atoms with van der Waals surface area (Å²) >= 11 is 9.64. The fourth-order valence-corrected chi connectivity index (χ4v) is 4.25. The summed E-state index contributed by atoms with van der Waals surface area (Å²) in [6.45, 7) is 3.40. The van der Waals surface area contributed by atoms with Crippen LogP contribution in [0.2, 0.25) is 5.15 Å². The van der Waals surface area contributed by atoms with Crippen LogP contribution < -0.4 is 4.90 Å². The van der Waals surface area contributed by atoms with E-state index in [1.807, 2.05) is 17.6 Å². The molecule has 4 heterocycles. The molecule has 28 heavy (non-hydrogen) atoms. The summed E-state index contributed by atoms with van der Waals surface area (Å²) in [6, 6.07) is 5.39. The summed E-state index contributed by atoms with van der Waals surface area (Å²) < 4.78 is 2.73. The second-order valence-corrected chi connectivity index (χ2v) is 7.88. The molecule has 146 valence electrons. The van der Waals surface area contributed by atoms with Crippen LogP contribution in [0.25, 0.3) is 11.4 Å². The molecule has 0 bridgehead atoms. The van der Waals surface area contributed by atoms with Crippen molar-refractivity contribution >= 4 is 39.3 Å². The first-order valence-corrected chi connectivity index (χ1v) is 9.88. The summed E-state index contributed by atoms with van der Waals surface area (Å²) in [6.07, 6.45) is 1.60. The van der Waals surface area contributed by atoms with Crippen LogP contribution in [0.4, 0.5) is 5.82 Å². The Labute approximate surface area is 173 Å². The van der Waals surface area contributed by atoms with Gasteiger partial charge in [0.25, 0.3) is 0 Å².